The molecule has 0 bridgehead atoms. The lowest BCUT2D eigenvalue weighted by molar-refractivity contribution is 0.507. The Labute approximate surface area is 101 Å². The Hall–Kier alpha value is -1.10. The predicted octanol–water partition coefficient (Wildman–Crippen LogP) is 1.95. The van der Waals surface area contributed by atoms with Gasteiger partial charge in [-0.05, 0) is 20.8 Å². The molecule has 1 heterocycles. The third-order valence-corrected chi connectivity index (χ3v) is 2.92. The number of aliphatic imine (C=N–C) groups is 1. The molecular weight excluding hydrogens is 220 g/mol. The van der Waals surface area contributed by atoms with Crippen molar-refractivity contribution in [2.24, 2.45) is 10.7 Å². The highest BCUT2D eigenvalue weighted by molar-refractivity contribution is 7.09. The summed E-state index contributed by atoms with van der Waals surface area (Å²) in [5.74, 6) is 0.816. The molecule has 16 heavy (non-hydrogen) atoms. The molecule has 0 saturated heterocycles. The van der Waals surface area contributed by atoms with Crippen molar-refractivity contribution in [3.63, 3.8) is 0 Å². The molecule has 5 heteroatoms. The second-order valence-corrected chi connectivity index (χ2v) is 5.80. The van der Waals surface area contributed by atoms with E-state index in [1.165, 1.54) is 0 Å². The number of nitrogens with zero attached hydrogens (tertiary/aromatic N) is 2. The number of nitrogens with two attached hydrogens (primary N) is 1. The van der Waals surface area contributed by atoms with Gasteiger partial charge < -0.3 is 11.1 Å². The van der Waals surface area contributed by atoms with Crippen LogP contribution in [-0.2, 0) is 0 Å². The summed E-state index contributed by atoms with van der Waals surface area (Å²) in [5, 5.41) is 6.21. The number of guanidine groups is 1. The van der Waals surface area contributed by atoms with E-state index >= 15 is 0 Å². The highest BCUT2D eigenvalue weighted by Gasteiger charge is 2.11. The zero-order chi connectivity index (χ0) is 12.2. The van der Waals surface area contributed by atoms with Crippen LogP contribution in [-0.4, -0.2) is 23.0 Å². The quantitative estimate of drug-likeness (QED) is 0.627. The molecule has 4 nitrogen and oxygen atoms in total. The molecule has 0 fully saturated rings. The summed E-state index contributed by atoms with van der Waals surface area (Å²) in [6.07, 6.45) is 1.82. The van der Waals surface area contributed by atoms with Gasteiger partial charge in [0.05, 0.1) is 11.6 Å². The van der Waals surface area contributed by atoms with Crippen LogP contribution in [0.15, 0.2) is 16.6 Å². The van der Waals surface area contributed by atoms with Gasteiger partial charge >= 0.3 is 0 Å². The van der Waals surface area contributed by atoms with Crippen molar-refractivity contribution in [3.05, 3.63) is 16.6 Å². The number of aromatic nitrogens is 1. The molecule has 0 aliphatic rings. The summed E-state index contributed by atoms with van der Waals surface area (Å²) >= 11 is 1.65. The topological polar surface area (TPSA) is 63.3 Å². The van der Waals surface area contributed by atoms with Crippen LogP contribution in [0.1, 0.15) is 38.6 Å². The van der Waals surface area contributed by atoms with Gasteiger partial charge in [0.1, 0.15) is 0 Å². The predicted molar refractivity (Wildman–Crippen MR) is 69.9 cm³/mol. The second kappa shape index (κ2) is 5.30. The third kappa shape index (κ3) is 4.61. The normalized spacial score (nSPS) is 14.9. The van der Waals surface area contributed by atoms with E-state index in [1.807, 2.05) is 11.6 Å². The molecule has 0 aromatic carbocycles. The van der Waals surface area contributed by atoms with Crippen molar-refractivity contribution in [1.29, 1.82) is 0 Å². The molecule has 1 atom stereocenters. The van der Waals surface area contributed by atoms with E-state index in [0.29, 0.717) is 18.4 Å². The molecule has 0 radical (unpaired) electrons. The minimum absolute atomic E-state index is 0.0436. The van der Waals surface area contributed by atoms with Gasteiger partial charge in [0.25, 0.3) is 0 Å². The van der Waals surface area contributed by atoms with Crippen LogP contribution in [0.3, 0.4) is 0 Å². The van der Waals surface area contributed by atoms with Gasteiger partial charge in [-0.2, -0.15) is 0 Å². The fourth-order valence-corrected chi connectivity index (χ4v) is 1.90. The maximum Gasteiger partial charge on any atom is 0.189 e. The Morgan fingerprint density at radius 3 is 2.81 bits per heavy atom. The standard InChI is InChI=1S/C11H20N4S/c1-8(9-13-5-6-16-9)7-14-10(12)15-11(2,3)4/h5-6,8H,7H2,1-4H3,(H3,12,14,15). The number of rotatable bonds is 3. The minimum Gasteiger partial charge on any atom is -0.370 e. The zero-order valence-corrected chi connectivity index (χ0v) is 11.1. The first-order valence-corrected chi connectivity index (χ1v) is 6.24. The summed E-state index contributed by atoms with van der Waals surface area (Å²) < 4.78 is 0. The average molecular weight is 240 g/mol. The molecule has 1 aromatic rings. The van der Waals surface area contributed by atoms with Crippen LogP contribution in [0, 0.1) is 0 Å². The highest BCUT2D eigenvalue weighted by Crippen LogP contribution is 2.17. The molecular formula is C11H20N4S. The van der Waals surface area contributed by atoms with Crippen molar-refractivity contribution in [1.82, 2.24) is 10.3 Å². The number of thiazole rings is 1. The number of hydrogen-bond acceptors (Lipinski definition) is 3. The Morgan fingerprint density at radius 1 is 1.62 bits per heavy atom. The van der Waals surface area contributed by atoms with E-state index in [1.54, 1.807) is 11.3 Å². The van der Waals surface area contributed by atoms with Gasteiger partial charge in [-0.15, -0.1) is 11.3 Å². The SMILES string of the molecule is CC(CN=C(N)NC(C)(C)C)c1nccs1. The van der Waals surface area contributed by atoms with Crippen molar-refractivity contribution in [2.45, 2.75) is 39.2 Å². The molecule has 0 amide bonds. The fraction of sp³-hybridized carbons (Fsp3) is 0.636. The first-order chi connectivity index (χ1) is 7.38. The summed E-state index contributed by atoms with van der Waals surface area (Å²) in [6.45, 7) is 8.94. The lowest BCUT2D eigenvalue weighted by Crippen LogP contribution is -2.45. The van der Waals surface area contributed by atoms with E-state index in [-0.39, 0.29) is 5.54 Å². The van der Waals surface area contributed by atoms with Gasteiger partial charge in [0, 0.05) is 23.0 Å². The fourth-order valence-electron chi connectivity index (χ4n) is 1.21. The Bertz CT molecular complexity index is 337. The van der Waals surface area contributed by atoms with Gasteiger partial charge in [0.2, 0.25) is 0 Å². The molecule has 0 aliphatic heterocycles. The van der Waals surface area contributed by atoms with E-state index in [4.69, 9.17) is 5.73 Å². The largest absolute Gasteiger partial charge is 0.370 e. The molecule has 90 valence electrons. The molecule has 0 saturated carbocycles. The summed E-state index contributed by atoms with van der Waals surface area (Å²) in [6, 6.07) is 0. The van der Waals surface area contributed by atoms with Crippen molar-refractivity contribution < 1.29 is 0 Å². The van der Waals surface area contributed by atoms with Gasteiger partial charge in [0.15, 0.2) is 5.96 Å². The van der Waals surface area contributed by atoms with E-state index < -0.39 is 0 Å². The van der Waals surface area contributed by atoms with Gasteiger partial charge in [-0.25, -0.2) is 4.98 Å². The maximum atomic E-state index is 5.78. The second-order valence-electron chi connectivity index (χ2n) is 4.87. The van der Waals surface area contributed by atoms with E-state index in [9.17, 15) is 0 Å². The van der Waals surface area contributed by atoms with Crippen LogP contribution >= 0.6 is 11.3 Å². The van der Waals surface area contributed by atoms with Crippen LogP contribution < -0.4 is 11.1 Å². The maximum absolute atomic E-state index is 5.78. The molecule has 1 unspecified atom stereocenters. The lowest BCUT2D eigenvalue weighted by atomic mass is 10.1. The van der Waals surface area contributed by atoms with Crippen molar-refractivity contribution in [3.8, 4) is 0 Å². The molecule has 0 spiro atoms. The molecule has 3 N–H and O–H groups in total. The minimum atomic E-state index is -0.0436. The monoisotopic (exact) mass is 240 g/mol. The van der Waals surface area contributed by atoms with E-state index in [2.05, 4.69) is 43.0 Å². The highest BCUT2D eigenvalue weighted by atomic mass is 32.1. The van der Waals surface area contributed by atoms with Crippen molar-refractivity contribution in [2.75, 3.05) is 6.54 Å². The summed E-state index contributed by atoms with van der Waals surface area (Å²) in [5.41, 5.74) is 5.74. The summed E-state index contributed by atoms with van der Waals surface area (Å²) in [7, 11) is 0. The Kier molecular flexibility index (Phi) is 4.29. The van der Waals surface area contributed by atoms with Crippen molar-refractivity contribution >= 4 is 17.3 Å². The molecule has 1 rings (SSSR count). The van der Waals surface area contributed by atoms with E-state index in [0.717, 1.165) is 5.01 Å². The smallest absolute Gasteiger partial charge is 0.189 e. The molecule has 0 aliphatic carbocycles. The van der Waals surface area contributed by atoms with Crippen LogP contribution in [0.25, 0.3) is 0 Å². The van der Waals surface area contributed by atoms with Gasteiger partial charge in [-0.3, -0.25) is 4.99 Å². The lowest BCUT2D eigenvalue weighted by Gasteiger charge is -2.21. The Morgan fingerprint density at radius 2 is 2.31 bits per heavy atom. The number of hydrogen-bond donors (Lipinski definition) is 2. The summed E-state index contributed by atoms with van der Waals surface area (Å²) in [4.78, 5) is 8.57. The molecule has 1 aromatic heterocycles. The number of nitrogens with one attached hydrogen (secondary N) is 1. The van der Waals surface area contributed by atoms with Crippen LogP contribution in [0.2, 0.25) is 0 Å². The van der Waals surface area contributed by atoms with Crippen LogP contribution in [0.4, 0.5) is 0 Å². The first kappa shape index (κ1) is 13.0. The average Bonchev–Trinajstić information content (AvgIpc) is 2.64. The first-order valence-electron chi connectivity index (χ1n) is 5.36. The van der Waals surface area contributed by atoms with Crippen LogP contribution in [0.5, 0.6) is 0 Å². The Balaban J connectivity index is 2.47. The van der Waals surface area contributed by atoms with Gasteiger partial charge in [-0.1, -0.05) is 6.92 Å². The zero-order valence-electron chi connectivity index (χ0n) is 10.3. The third-order valence-electron chi connectivity index (χ3n) is 1.91.